The largest absolute Gasteiger partial charge is 0.486 e. The summed E-state index contributed by atoms with van der Waals surface area (Å²) in [5.41, 5.74) is 1.34. The molecule has 0 N–H and O–H groups in total. The molecule has 94 valence electrons. The zero-order chi connectivity index (χ0) is 12.6. The van der Waals surface area contributed by atoms with Crippen LogP contribution in [0.4, 0.5) is 0 Å². The number of ether oxygens (including phenoxy) is 2. The van der Waals surface area contributed by atoms with E-state index in [9.17, 15) is 8.42 Å². The first-order valence-corrected chi connectivity index (χ1v) is 8.15. The maximum Gasteiger partial charge on any atom is 0.236 e. The van der Waals surface area contributed by atoms with Crippen LogP contribution in [0.1, 0.15) is 11.1 Å². The number of hydrogen-bond donors (Lipinski definition) is 0. The van der Waals surface area contributed by atoms with Gasteiger partial charge in [-0.3, -0.25) is 0 Å². The summed E-state index contributed by atoms with van der Waals surface area (Å²) in [5, 5.41) is 0. The van der Waals surface area contributed by atoms with E-state index in [-0.39, 0.29) is 5.75 Å². The number of hydrogen-bond acceptors (Lipinski definition) is 4. The molecule has 0 radical (unpaired) electrons. The minimum absolute atomic E-state index is 0.238. The summed E-state index contributed by atoms with van der Waals surface area (Å²) in [6.07, 6.45) is 0. The van der Waals surface area contributed by atoms with Crippen LogP contribution in [0.25, 0.3) is 0 Å². The van der Waals surface area contributed by atoms with Crippen molar-refractivity contribution in [3.8, 4) is 11.5 Å². The minimum atomic E-state index is -3.60. The maximum atomic E-state index is 11.1. The van der Waals surface area contributed by atoms with Crippen LogP contribution in [-0.4, -0.2) is 21.6 Å². The number of rotatable bonds is 2. The smallest absolute Gasteiger partial charge is 0.236 e. The van der Waals surface area contributed by atoms with Crippen molar-refractivity contribution in [1.82, 2.24) is 0 Å². The van der Waals surface area contributed by atoms with Crippen LogP contribution in [0, 0.1) is 6.92 Å². The third kappa shape index (κ3) is 2.86. The Bertz CT molecular complexity index is 556. The summed E-state index contributed by atoms with van der Waals surface area (Å²) < 4.78 is 33.9. The van der Waals surface area contributed by atoms with Gasteiger partial charge in [0.1, 0.15) is 13.2 Å². The lowest BCUT2D eigenvalue weighted by Crippen LogP contribution is -2.17. The predicted molar refractivity (Wildman–Crippen MR) is 68.3 cm³/mol. The van der Waals surface area contributed by atoms with Gasteiger partial charge >= 0.3 is 0 Å². The SMILES string of the molecule is Cc1c(CS(=O)(=O)Cl)c(Br)cc2c1OCCO2. The minimum Gasteiger partial charge on any atom is -0.486 e. The Kier molecular flexibility index (Phi) is 3.56. The molecule has 0 atom stereocenters. The molecule has 0 aromatic heterocycles. The lowest BCUT2D eigenvalue weighted by molar-refractivity contribution is 0.170. The van der Waals surface area contributed by atoms with Crippen molar-refractivity contribution in [2.24, 2.45) is 0 Å². The zero-order valence-electron chi connectivity index (χ0n) is 9.00. The van der Waals surface area contributed by atoms with E-state index in [0.29, 0.717) is 34.7 Å². The topological polar surface area (TPSA) is 52.6 Å². The van der Waals surface area contributed by atoms with E-state index < -0.39 is 9.05 Å². The Labute approximate surface area is 112 Å². The van der Waals surface area contributed by atoms with Crippen LogP contribution in [0.15, 0.2) is 10.5 Å². The number of benzene rings is 1. The lowest BCUT2D eigenvalue weighted by atomic mass is 10.1. The van der Waals surface area contributed by atoms with Crippen molar-refractivity contribution in [1.29, 1.82) is 0 Å². The maximum absolute atomic E-state index is 11.1. The van der Waals surface area contributed by atoms with Crippen molar-refractivity contribution in [3.05, 3.63) is 21.7 Å². The molecule has 0 unspecified atom stereocenters. The van der Waals surface area contributed by atoms with Gasteiger partial charge in [0.2, 0.25) is 9.05 Å². The van der Waals surface area contributed by atoms with Gasteiger partial charge in [-0.15, -0.1) is 0 Å². The fourth-order valence-electron chi connectivity index (χ4n) is 1.70. The summed E-state index contributed by atoms with van der Waals surface area (Å²) >= 11 is 3.32. The summed E-state index contributed by atoms with van der Waals surface area (Å²) in [4.78, 5) is 0. The number of halogens is 2. The van der Waals surface area contributed by atoms with E-state index in [1.165, 1.54) is 0 Å². The molecular formula is C10H10BrClO4S. The second-order valence-electron chi connectivity index (χ2n) is 3.67. The fraction of sp³-hybridized carbons (Fsp3) is 0.400. The summed E-state index contributed by atoms with van der Waals surface area (Å²) in [5.74, 6) is 0.976. The van der Waals surface area contributed by atoms with Gasteiger partial charge in [0.05, 0.1) is 5.75 Å². The molecule has 4 nitrogen and oxygen atoms in total. The molecule has 2 rings (SSSR count). The first-order valence-electron chi connectivity index (χ1n) is 4.88. The molecule has 0 spiro atoms. The standard InChI is InChI=1S/C10H10BrClO4S/c1-6-7(5-17(12,13)14)8(11)4-9-10(6)16-3-2-15-9/h4H,2-3,5H2,1H3. The van der Waals surface area contributed by atoms with E-state index in [2.05, 4.69) is 15.9 Å². The summed E-state index contributed by atoms with van der Waals surface area (Å²) in [7, 11) is 1.67. The van der Waals surface area contributed by atoms with Crippen LogP contribution in [0.2, 0.25) is 0 Å². The highest BCUT2D eigenvalue weighted by Gasteiger charge is 2.22. The Hall–Kier alpha value is -0.460. The molecule has 1 aliphatic rings. The molecule has 1 aromatic carbocycles. The van der Waals surface area contributed by atoms with Gasteiger partial charge in [-0.05, 0) is 18.6 Å². The lowest BCUT2D eigenvalue weighted by Gasteiger charge is -2.22. The molecule has 1 aliphatic heterocycles. The Morgan fingerprint density at radius 2 is 2.06 bits per heavy atom. The summed E-state index contributed by atoms with van der Waals surface area (Å²) in [6.45, 7) is 2.74. The monoisotopic (exact) mass is 340 g/mol. The van der Waals surface area contributed by atoms with Gasteiger partial charge < -0.3 is 9.47 Å². The van der Waals surface area contributed by atoms with Crippen LogP contribution in [0.5, 0.6) is 11.5 Å². The van der Waals surface area contributed by atoms with Crippen LogP contribution >= 0.6 is 26.6 Å². The third-order valence-electron chi connectivity index (χ3n) is 2.47. The molecular weight excluding hydrogens is 332 g/mol. The van der Waals surface area contributed by atoms with E-state index in [0.717, 1.165) is 5.56 Å². The van der Waals surface area contributed by atoms with Gasteiger partial charge in [0.25, 0.3) is 0 Å². The molecule has 0 amide bonds. The zero-order valence-corrected chi connectivity index (χ0v) is 12.2. The van der Waals surface area contributed by atoms with Crippen LogP contribution in [0.3, 0.4) is 0 Å². The first kappa shape index (κ1) is 13.0. The van der Waals surface area contributed by atoms with Gasteiger partial charge in [-0.25, -0.2) is 8.42 Å². The Morgan fingerprint density at radius 3 is 2.71 bits per heavy atom. The predicted octanol–water partition coefficient (Wildman–Crippen LogP) is 2.60. The molecule has 0 bridgehead atoms. The molecule has 0 saturated heterocycles. The second kappa shape index (κ2) is 4.66. The highest BCUT2D eigenvalue weighted by atomic mass is 79.9. The van der Waals surface area contributed by atoms with Crippen molar-refractivity contribution in [2.45, 2.75) is 12.7 Å². The normalized spacial score (nSPS) is 14.8. The fourth-order valence-corrected chi connectivity index (χ4v) is 3.58. The summed E-state index contributed by atoms with van der Waals surface area (Å²) in [6, 6.07) is 1.71. The quantitative estimate of drug-likeness (QED) is 0.776. The van der Waals surface area contributed by atoms with Gasteiger partial charge in [-0.1, -0.05) is 15.9 Å². The van der Waals surface area contributed by atoms with Crippen LogP contribution < -0.4 is 9.47 Å². The highest BCUT2D eigenvalue weighted by molar-refractivity contribution is 9.10. The van der Waals surface area contributed by atoms with E-state index in [1.54, 1.807) is 13.0 Å². The molecule has 17 heavy (non-hydrogen) atoms. The van der Waals surface area contributed by atoms with Crippen molar-refractivity contribution in [3.63, 3.8) is 0 Å². The first-order chi connectivity index (χ1) is 7.88. The Balaban J connectivity index is 2.53. The van der Waals surface area contributed by atoms with Gasteiger partial charge in [0.15, 0.2) is 11.5 Å². The van der Waals surface area contributed by atoms with Crippen molar-refractivity contribution < 1.29 is 17.9 Å². The molecule has 1 aromatic rings. The number of fused-ring (bicyclic) bond motifs is 1. The average molecular weight is 342 g/mol. The molecule has 1 heterocycles. The third-order valence-corrected chi connectivity index (χ3v) is 4.14. The van der Waals surface area contributed by atoms with E-state index in [4.69, 9.17) is 20.2 Å². The van der Waals surface area contributed by atoms with Crippen molar-refractivity contribution in [2.75, 3.05) is 13.2 Å². The Morgan fingerprint density at radius 1 is 1.41 bits per heavy atom. The van der Waals surface area contributed by atoms with Gasteiger partial charge in [0, 0.05) is 20.7 Å². The molecule has 7 heteroatoms. The van der Waals surface area contributed by atoms with Gasteiger partial charge in [-0.2, -0.15) is 0 Å². The second-order valence-corrected chi connectivity index (χ2v) is 7.30. The van der Waals surface area contributed by atoms with E-state index >= 15 is 0 Å². The molecule has 0 fully saturated rings. The van der Waals surface area contributed by atoms with E-state index in [1.807, 2.05) is 0 Å². The molecule has 0 saturated carbocycles. The van der Waals surface area contributed by atoms with Crippen LogP contribution in [-0.2, 0) is 14.8 Å². The average Bonchev–Trinajstić information content (AvgIpc) is 2.23. The highest BCUT2D eigenvalue weighted by Crippen LogP contribution is 2.40. The van der Waals surface area contributed by atoms with Crippen molar-refractivity contribution >= 4 is 35.7 Å². The molecule has 0 aliphatic carbocycles.